The van der Waals surface area contributed by atoms with Crippen LogP contribution >= 0.6 is 0 Å². The Kier molecular flexibility index (Phi) is 3.42. The van der Waals surface area contributed by atoms with Gasteiger partial charge < -0.3 is 0 Å². The van der Waals surface area contributed by atoms with E-state index in [9.17, 15) is 21.6 Å². The summed E-state index contributed by atoms with van der Waals surface area (Å²) < 4.78 is 58.3. The number of allylic oxidation sites excluding steroid dienone is 1. The summed E-state index contributed by atoms with van der Waals surface area (Å²) in [5.74, 6) is 0. The minimum atomic E-state index is -4.63. The van der Waals surface area contributed by atoms with Crippen LogP contribution in [0.4, 0.5) is 13.2 Å². The topological polar surface area (TPSA) is 34.1 Å². The van der Waals surface area contributed by atoms with Gasteiger partial charge in [0.15, 0.2) is 9.84 Å². The maximum Gasteiger partial charge on any atom is 0.410 e. The van der Waals surface area contributed by atoms with Gasteiger partial charge in [-0.15, -0.1) is 0 Å². The van der Waals surface area contributed by atoms with Crippen molar-refractivity contribution >= 4 is 9.84 Å². The first kappa shape index (κ1) is 12.8. The molecule has 0 aliphatic rings. The molecule has 0 radical (unpaired) electrons. The monoisotopic (exact) mass is 250 g/mol. The minimum absolute atomic E-state index is 0.154. The van der Waals surface area contributed by atoms with E-state index in [1.54, 1.807) is 6.92 Å². The number of hydrogen-bond acceptors (Lipinski definition) is 2. The van der Waals surface area contributed by atoms with Gasteiger partial charge in [0.2, 0.25) is 0 Å². The van der Waals surface area contributed by atoms with Crippen LogP contribution in [-0.4, -0.2) is 14.6 Å². The molecule has 1 rings (SSSR count). The van der Waals surface area contributed by atoms with Crippen molar-refractivity contribution in [2.75, 3.05) is 0 Å². The van der Waals surface area contributed by atoms with E-state index in [0.717, 1.165) is 5.56 Å². The SMILES string of the molecule is Cc1ccc(S(=O)(=O)/C=C/C(F)(F)F)cc1. The second-order valence-corrected chi connectivity index (χ2v) is 5.04. The van der Waals surface area contributed by atoms with Crippen molar-refractivity contribution < 1.29 is 21.6 Å². The molecule has 0 aliphatic heterocycles. The number of halogens is 3. The van der Waals surface area contributed by atoms with Crippen LogP contribution in [0, 0.1) is 6.92 Å². The largest absolute Gasteiger partial charge is 0.410 e. The van der Waals surface area contributed by atoms with Gasteiger partial charge in [0.1, 0.15) is 0 Å². The third-order valence-corrected chi connectivity index (χ3v) is 3.21. The van der Waals surface area contributed by atoms with Gasteiger partial charge in [0.25, 0.3) is 0 Å². The Labute approximate surface area is 91.3 Å². The highest BCUT2D eigenvalue weighted by Gasteiger charge is 2.24. The molecule has 0 aromatic heterocycles. The highest BCUT2D eigenvalue weighted by molar-refractivity contribution is 7.94. The third-order valence-electron chi connectivity index (χ3n) is 1.79. The summed E-state index contributed by atoms with van der Waals surface area (Å²) in [4.78, 5) is -0.154. The average molecular weight is 250 g/mol. The molecule has 0 atom stereocenters. The van der Waals surface area contributed by atoms with Gasteiger partial charge in [-0.25, -0.2) is 8.42 Å². The maximum absolute atomic E-state index is 11.8. The average Bonchev–Trinajstić information content (AvgIpc) is 2.15. The second kappa shape index (κ2) is 4.29. The van der Waals surface area contributed by atoms with E-state index in [1.807, 2.05) is 0 Å². The number of hydrogen-bond donors (Lipinski definition) is 0. The van der Waals surface area contributed by atoms with Gasteiger partial charge in [0.05, 0.1) is 4.90 Å². The quantitative estimate of drug-likeness (QED) is 0.808. The van der Waals surface area contributed by atoms with Crippen molar-refractivity contribution in [3.63, 3.8) is 0 Å². The van der Waals surface area contributed by atoms with E-state index in [0.29, 0.717) is 0 Å². The van der Waals surface area contributed by atoms with Gasteiger partial charge in [0, 0.05) is 11.5 Å². The van der Waals surface area contributed by atoms with Crippen LogP contribution in [0.15, 0.2) is 40.6 Å². The molecule has 1 aromatic rings. The van der Waals surface area contributed by atoms with Crippen molar-refractivity contribution in [3.8, 4) is 0 Å². The smallest absolute Gasteiger partial charge is 0.219 e. The lowest BCUT2D eigenvalue weighted by Crippen LogP contribution is -2.04. The zero-order valence-corrected chi connectivity index (χ0v) is 9.14. The lowest BCUT2D eigenvalue weighted by molar-refractivity contribution is -0.0797. The fraction of sp³-hybridized carbons (Fsp3) is 0.200. The Balaban J connectivity index is 3.04. The summed E-state index contributed by atoms with van der Waals surface area (Å²) in [6, 6.07) is 5.58. The highest BCUT2D eigenvalue weighted by atomic mass is 32.2. The van der Waals surface area contributed by atoms with Crippen LogP contribution in [0.25, 0.3) is 0 Å². The van der Waals surface area contributed by atoms with Crippen molar-refractivity contribution in [1.29, 1.82) is 0 Å². The van der Waals surface area contributed by atoms with E-state index in [2.05, 4.69) is 0 Å². The Hall–Kier alpha value is -1.30. The first-order valence-electron chi connectivity index (χ1n) is 4.28. The molecule has 0 amide bonds. The predicted molar refractivity (Wildman–Crippen MR) is 53.6 cm³/mol. The molecule has 0 bridgehead atoms. The zero-order valence-electron chi connectivity index (χ0n) is 8.32. The second-order valence-electron chi connectivity index (χ2n) is 3.20. The van der Waals surface area contributed by atoms with Gasteiger partial charge in [-0.1, -0.05) is 17.7 Å². The summed E-state index contributed by atoms with van der Waals surface area (Å²) in [5.41, 5.74) is 0.832. The fourth-order valence-electron chi connectivity index (χ4n) is 0.973. The van der Waals surface area contributed by atoms with E-state index in [4.69, 9.17) is 0 Å². The molecule has 0 N–H and O–H groups in total. The van der Waals surface area contributed by atoms with E-state index >= 15 is 0 Å². The molecular weight excluding hydrogens is 241 g/mol. The maximum atomic E-state index is 11.8. The molecule has 88 valence electrons. The Bertz CT molecular complexity index is 484. The highest BCUT2D eigenvalue weighted by Crippen LogP contribution is 2.19. The van der Waals surface area contributed by atoms with Crippen molar-refractivity contribution in [3.05, 3.63) is 41.3 Å². The van der Waals surface area contributed by atoms with Gasteiger partial charge in [-0.05, 0) is 19.1 Å². The number of sulfone groups is 1. The summed E-state index contributed by atoms with van der Waals surface area (Å²) in [6.07, 6.45) is -4.92. The molecular formula is C10H9F3O2S. The summed E-state index contributed by atoms with van der Waals surface area (Å²) >= 11 is 0. The van der Waals surface area contributed by atoms with Gasteiger partial charge >= 0.3 is 6.18 Å². The summed E-state index contributed by atoms with van der Waals surface area (Å²) in [6.45, 7) is 1.75. The Morgan fingerprint density at radius 1 is 1.12 bits per heavy atom. The molecule has 1 aromatic carbocycles. The lowest BCUT2D eigenvalue weighted by Gasteiger charge is -2.01. The van der Waals surface area contributed by atoms with Crippen molar-refractivity contribution in [2.24, 2.45) is 0 Å². The fourth-order valence-corrected chi connectivity index (χ4v) is 1.98. The Morgan fingerprint density at radius 3 is 2.06 bits per heavy atom. The standard InChI is InChI=1S/C10H9F3O2S/c1-8-2-4-9(5-3-8)16(14,15)7-6-10(11,12)13/h2-7H,1H3/b7-6+. The number of benzene rings is 1. The van der Waals surface area contributed by atoms with Crippen molar-refractivity contribution in [2.45, 2.75) is 18.0 Å². The number of aryl methyl sites for hydroxylation is 1. The van der Waals surface area contributed by atoms with Crippen LogP contribution < -0.4 is 0 Å². The normalized spacial score (nSPS) is 13.2. The molecule has 16 heavy (non-hydrogen) atoms. The number of rotatable bonds is 2. The molecule has 0 saturated carbocycles. The molecule has 0 spiro atoms. The van der Waals surface area contributed by atoms with Crippen LogP contribution in [0.2, 0.25) is 0 Å². The molecule has 0 heterocycles. The first-order valence-corrected chi connectivity index (χ1v) is 5.83. The number of alkyl halides is 3. The summed E-state index contributed by atoms with van der Waals surface area (Å²) in [5, 5.41) is 0.164. The predicted octanol–water partition coefficient (Wildman–Crippen LogP) is 2.84. The molecule has 0 aliphatic carbocycles. The molecule has 0 unspecified atom stereocenters. The molecule has 0 saturated heterocycles. The zero-order chi connectivity index (χ0) is 12.4. The van der Waals surface area contributed by atoms with Crippen molar-refractivity contribution in [1.82, 2.24) is 0 Å². The summed E-state index contributed by atoms with van der Waals surface area (Å²) in [7, 11) is -4.01. The molecule has 6 heteroatoms. The van der Waals surface area contributed by atoms with Crippen LogP contribution in [0.1, 0.15) is 5.56 Å². The van der Waals surface area contributed by atoms with Crippen LogP contribution in [0.3, 0.4) is 0 Å². The molecule has 2 nitrogen and oxygen atoms in total. The van der Waals surface area contributed by atoms with E-state index in [1.165, 1.54) is 24.3 Å². The van der Waals surface area contributed by atoms with E-state index in [-0.39, 0.29) is 16.4 Å². The van der Waals surface area contributed by atoms with Gasteiger partial charge in [-0.2, -0.15) is 13.2 Å². The van der Waals surface area contributed by atoms with E-state index < -0.39 is 16.0 Å². The lowest BCUT2D eigenvalue weighted by atomic mass is 10.2. The third kappa shape index (κ3) is 3.69. The molecule has 0 fully saturated rings. The van der Waals surface area contributed by atoms with Crippen LogP contribution in [0.5, 0.6) is 0 Å². The van der Waals surface area contributed by atoms with Gasteiger partial charge in [-0.3, -0.25) is 0 Å². The van der Waals surface area contributed by atoms with Crippen LogP contribution in [-0.2, 0) is 9.84 Å². The Morgan fingerprint density at radius 2 is 1.62 bits per heavy atom. The first-order chi connectivity index (χ1) is 7.21. The minimum Gasteiger partial charge on any atom is -0.219 e.